The number of anilines is 2. The minimum absolute atomic E-state index is 0.181. The second kappa shape index (κ2) is 8.05. The van der Waals surface area contributed by atoms with Crippen LogP contribution in [0.2, 0.25) is 5.02 Å². The lowest BCUT2D eigenvalue weighted by molar-refractivity contribution is -0.115. The Bertz CT molecular complexity index is 939. The van der Waals surface area contributed by atoms with Gasteiger partial charge in [0, 0.05) is 14.1 Å². The van der Waals surface area contributed by atoms with Crippen molar-refractivity contribution in [2.75, 3.05) is 31.4 Å². The van der Waals surface area contributed by atoms with Gasteiger partial charge >= 0.3 is 0 Å². The number of nitrogens with zero attached hydrogens (tertiary/aromatic N) is 5. The topological polar surface area (TPSA) is 85.2 Å². The molecule has 1 aromatic carbocycles. The zero-order chi connectivity index (χ0) is 19.4. The first kappa shape index (κ1) is 18.7. The molecular formula is C18H19ClN6O2. The van der Waals surface area contributed by atoms with Crippen LogP contribution in [0.5, 0.6) is 5.75 Å². The Morgan fingerprint density at radius 2 is 2.00 bits per heavy atom. The molecule has 27 heavy (non-hydrogen) atoms. The molecule has 3 rings (SSSR count). The fourth-order valence-corrected chi connectivity index (χ4v) is 2.65. The highest BCUT2D eigenvalue weighted by Crippen LogP contribution is 2.25. The van der Waals surface area contributed by atoms with E-state index in [9.17, 15) is 4.79 Å². The van der Waals surface area contributed by atoms with E-state index in [-0.39, 0.29) is 12.3 Å². The van der Waals surface area contributed by atoms with E-state index in [2.05, 4.69) is 20.4 Å². The molecule has 2 aromatic heterocycles. The quantitative estimate of drug-likeness (QED) is 0.700. The SMILES string of the molecule is COc1ccc(CC(=O)Nc2cnn(-c3ncc(N(C)C)cn3)c2)cc1Cl. The lowest BCUT2D eigenvalue weighted by Gasteiger charge is -2.10. The third kappa shape index (κ3) is 4.53. The van der Waals surface area contributed by atoms with Crippen LogP contribution in [0, 0.1) is 0 Å². The summed E-state index contributed by atoms with van der Waals surface area (Å²) in [5.41, 5.74) is 2.23. The summed E-state index contributed by atoms with van der Waals surface area (Å²) in [4.78, 5) is 22.7. The highest BCUT2D eigenvalue weighted by molar-refractivity contribution is 6.32. The van der Waals surface area contributed by atoms with Crippen molar-refractivity contribution in [3.05, 3.63) is 53.6 Å². The number of ether oxygens (including phenoxy) is 1. The molecule has 9 heteroatoms. The second-order valence-corrected chi connectivity index (χ2v) is 6.41. The van der Waals surface area contributed by atoms with Gasteiger partial charge in [-0.1, -0.05) is 17.7 Å². The molecule has 0 aliphatic carbocycles. The monoisotopic (exact) mass is 386 g/mol. The van der Waals surface area contributed by atoms with Gasteiger partial charge in [0.1, 0.15) is 5.75 Å². The number of halogens is 1. The Morgan fingerprint density at radius 3 is 2.63 bits per heavy atom. The van der Waals surface area contributed by atoms with Crippen LogP contribution in [0.25, 0.3) is 5.95 Å². The molecule has 0 spiro atoms. The van der Waals surface area contributed by atoms with Crippen LogP contribution >= 0.6 is 11.6 Å². The summed E-state index contributed by atoms with van der Waals surface area (Å²) >= 11 is 6.09. The molecule has 0 fully saturated rings. The van der Waals surface area contributed by atoms with E-state index in [1.165, 1.54) is 4.68 Å². The predicted molar refractivity (Wildman–Crippen MR) is 104 cm³/mol. The zero-order valence-corrected chi connectivity index (χ0v) is 15.9. The number of carbonyl (C=O) groups is 1. The number of methoxy groups -OCH3 is 1. The smallest absolute Gasteiger partial charge is 0.250 e. The fourth-order valence-electron chi connectivity index (χ4n) is 2.37. The summed E-state index contributed by atoms with van der Waals surface area (Å²) in [6.45, 7) is 0. The van der Waals surface area contributed by atoms with Gasteiger partial charge in [0.25, 0.3) is 5.95 Å². The molecule has 0 unspecified atom stereocenters. The number of carbonyl (C=O) groups excluding carboxylic acids is 1. The molecule has 1 amide bonds. The van der Waals surface area contributed by atoms with Crippen molar-refractivity contribution in [3.63, 3.8) is 0 Å². The van der Waals surface area contributed by atoms with Crippen LogP contribution in [0.1, 0.15) is 5.56 Å². The highest BCUT2D eigenvalue weighted by atomic mass is 35.5. The van der Waals surface area contributed by atoms with Gasteiger partial charge in [-0.25, -0.2) is 14.6 Å². The number of nitrogens with one attached hydrogen (secondary N) is 1. The molecule has 0 aliphatic rings. The van der Waals surface area contributed by atoms with E-state index in [0.717, 1.165) is 11.3 Å². The molecule has 2 heterocycles. The minimum atomic E-state index is -0.181. The molecule has 3 aromatic rings. The van der Waals surface area contributed by atoms with E-state index >= 15 is 0 Å². The van der Waals surface area contributed by atoms with Crippen molar-refractivity contribution >= 4 is 28.9 Å². The second-order valence-electron chi connectivity index (χ2n) is 6.00. The summed E-state index contributed by atoms with van der Waals surface area (Å²) in [6, 6.07) is 5.25. The fraction of sp³-hybridized carbons (Fsp3) is 0.222. The number of benzene rings is 1. The summed E-state index contributed by atoms with van der Waals surface area (Å²) in [5, 5.41) is 7.45. The zero-order valence-electron chi connectivity index (χ0n) is 15.2. The summed E-state index contributed by atoms with van der Waals surface area (Å²) in [5.74, 6) is 0.810. The van der Waals surface area contributed by atoms with Gasteiger partial charge in [-0.05, 0) is 17.7 Å². The third-order valence-electron chi connectivity index (χ3n) is 3.79. The van der Waals surface area contributed by atoms with E-state index in [0.29, 0.717) is 22.4 Å². The molecular weight excluding hydrogens is 368 g/mol. The van der Waals surface area contributed by atoms with Crippen molar-refractivity contribution in [3.8, 4) is 11.7 Å². The molecule has 0 saturated heterocycles. The number of hydrogen-bond acceptors (Lipinski definition) is 6. The number of hydrogen-bond donors (Lipinski definition) is 1. The average Bonchev–Trinajstić information content (AvgIpc) is 3.10. The highest BCUT2D eigenvalue weighted by Gasteiger charge is 2.10. The van der Waals surface area contributed by atoms with Gasteiger partial charge in [-0.15, -0.1) is 0 Å². The predicted octanol–water partition coefficient (Wildman–Crippen LogP) is 2.57. The first-order chi connectivity index (χ1) is 13.0. The first-order valence-corrected chi connectivity index (χ1v) is 8.50. The average molecular weight is 387 g/mol. The van der Waals surface area contributed by atoms with Crippen LogP contribution in [0.3, 0.4) is 0 Å². The van der Waals surface area contributed by atoms with Crippen LogP contribution in [-0.2, 0) is 11.2 Å². The molecule has 140 valence electrons. The Morgan fingerprint density at radius 1 is 1.26 bits per heavy atom. The molecule has 0 atom stereocenters. The number of aromatic nitrogens is 4. The molecule has 8 nitrogen and oxygen atoms in total. The molecule has 1 N–H and O–H groups in total. The summed E-state index contributed by atoms with van der Waals surface area (Å²) in [6.07, 6.45) is 6.79. The van der Waals surface area contributed by atoms with Crippen molar-refractivity contribution in [2.45, 2.75) is 6.42 Å². The van der Waals surface area contributed by atoms with Gasteiger partial charge < -0.3 is 15.0 Å². The summed E-state index contributed by atoms with van der Waals surface area (Å²) in [7, 11) is 5.37. The largest absolute Gasteiger partial charge is 0.495 e. The van der Waals surface area contributed by atoms with E-state index in [1.807, 2.05) is 19.0 Å². The maximum Gasteiger partial charge on any atom is 0.250 e. The van der Waals surface area contributed by atoms with Gasteiger partial charge in [-0.3, -0.25) is 4.79 Å². The van der Waals surface area contributed by atoms with E-state index < -0.39 is 0 Å². The van der Waals surface area contributed by atoms with Crippen LogP contribution < -0.4 is 15.0 Å². The standard InChI is InChI=1S/C18H19ClN6O2/c1-24(2)14-9-20-18(21-10-14)25-11-13(8-22-25)23-17(26)7-12-4-5-16(27-3)15(19)6-12/h4-6,8-11H,7H2,1-3H3,(H,23,26). The van der Waals surface area contributed by atoms with E-state index in [1.54, 1.807) is 50.1 Å². The minimum Gasteiger partial charge on any atom is -0.495 e. The first-order valence-electron chi connectivity index (χ1n) is 8.13. The molecule has 0 aliphatic heterocycles. The Labute approximate surface area is 161 Å². The Balaban J connectivity index is 1.64. The third-order valence-corrected chi connectivity index (χ3v) is 4.09. The summed E-state index contributed by atoms with van der Waals surface area (Å²) < 4.78 is 6.61. The van der Waals surface area contributed by atoms with Crippen molar-refractivity contribution in [1.82, 2.24) is 19.7 Å². The maximum atomic E-state index is 12.3. The van der Waals surface area contributed by atoms with Gasteiger partial charge in [0.2, 0.25) is 5.91 Å². The van der Waals surface area contributed by atoms with Crippen LogP contribution in [0.15, 0.2) is 43.0 Å². The molecule has 0 saturated carbocycles. The van der Waals surface area contributed by atoms with Crippen molar-refractivity contribution in [2.24, 2.45) is 0 Å². The maximum absolute atomic E-state index is 12.3. The van der Waals surface area contributed by atoms with Crippen molar-refractivity contribution < 1.29 is 9.53 Å². The lowest BCUT2D eigenvalue weighted by atomic mass is 10.1. The van der Waals surface area contributed by atoms with Gasteiger partial charge in [0.15, 0.2) is 0 Å². The molecule has 0 radical (unpaired) electrons. The van der Waals surface area contributed by atoms with Gasteiger partial charge in [0.05, 0.1) is 54.7 Å². The normalized spacial score (nSPS) is 10.5. The Hall–Kier alpha value is -3.13. The van der Waals surface area contributed by atoms with Gasteiger partial charge in [-0.2, -0.15) is 5.10 Å². The number of amides is 1. The Kier molecular flexibility index (Phi) is 5.56. The van der Waals surface area contributed by atoms with E-state index in [4.69, 9.17) is 16.3 Å². The van der Waals surface area contributed by atoms with Crippen molar-refractivity contribution in [1.29, 1.82) is 0 Å². The lowest BCUT2D eigenvalue weighted by Crippen LogP contribution is -2.14. The van der Waals surface area contributed by atoms with Crippen LogP contribution in [-0.4, -0.2) is 46.9 Å². The number of rotatable bonds is 6. The van der Waals surface area contributed by atoms with Crippen LogP contribution in [0.4, 0.5) is 11.4 Å². The molecule has 0 bridgehead atoms.